The van der Waals surface area contributed by atoms with Gasteiger partial charge in [-0.25, -0.2) is 13.1 Å². The van der Waals surface area contributed by atoms with E-state index in [1.807, 2.05) is 0 Å². The summed E-state index contributed by atoms with van der Waals surface area (Å²) < 4.78 is 63.4. The van der Waals surface area contributed by atoms with Crippen LogP contribution in [0.3, 0.4) is 0 Å². The molecule has 0 radical (unpaired) electrons. The van der Waals surface area contributed by atoms with Crippen LogP contribution < -0.4 is 10.5 Å². The van der Waals surface area contributed by atoms with E-state index in [9.17, 15) is 26.4 Å². The zero-order chi connectivity index (χ0) is 17.3. The Morgan fingerprint density at radius 2 is 2.04 bits per heavy atom. The van der Waals surface area contributed by atoms with Crippen molar-refractivity contribution in [3.05, 3.63) is 46.4 Å². The Bertz CT molecular complexity index is 804. The third kappa shape index (κ3) is 4.06. The van der Waals surface area contributed by atoms with Gasteiger partial charge < -0.3 is 5.73 Å². The lowest BCUT2D eigenvalue weighted by Crippen LogP contribution is -2.37. The molecule has 0 saturated carbocycles. The Morgan fingerprint density at radius 1 is 1.35 bits per heavy atom. The second-order valence-corrected chi connectivity index (χ2v) is 7.03. The van der Waals surface area contributed by atoms with E-state index in [1.165, 1.54) is 6.07 Å². The van der Waals surface area contributed by atoms with Crippen LogP contribution >= 0.6 is 11.3 Å². The van der Waals surface area contributed by atoms with Gasteiger partial charge in [-0.05, 0) is 17.5 Å². The Morgan fingerprint density at radius 3 is 2.61 bits per heavy atom. The molecule has 124 valence electrons. The fourth-order valence-corrected chi connectivity index (χ4v) is 3.29. The van der Waals surface area contributed by atoms with Crippen LogP contribution in [0, 0.1) is 0 Å². The second kappa shape index (κ2) is 6.26. The maximum absolute atomic E-state index is 12.6. The molecule has 3 N–H and O–H groups in total. The maximum atomic E-state index is 12.6. The molecule has 0 saturated heterocycles. The molecule has 6 nitrogen and oxygen atoms in total. The number of hydrogen-bond acceptors (Lipinski definition) is 6. The summed E-state index contributed by atoms with van der Waals surface area (Å²) in [6, 6.07) is 2.30. The zero-order valence-electron chi connectivity index (χ0n) is 11.2. The molecule has 1 unspecified atom stereocenters. The topological polar surface area (TPSA) is 102 Å². The number of aromatic nitrogens is 1. The summed E-state index contributed by atoms with van der Waals surface area (Å²) in [5, 5.41) is 1.65. The average Bonchev–Trinajstić information content (AvgIpc) is 2.99. The molecule has 2 rings (SSSR count). The molecule has 0 aliphatic carbocycles. The van der Waals surface area contributed by atoms with E-state index >= 15 is 0 Å². The number of carbonyl (C=O) groups is 1. The highest BCUT2D eigenvalue weighted by atomic mass is 32.2. The van der Waals surface area contributed by atoms with Crippen LogP contribution in [0.25, 0.3) is 0 Å². The molecule has 1 amide bonds. The number of amides is 1. The first kappa shape index (κ1) is 17.4. The van der Waals surface area contributed by atoms with Crippen molar-refractivity contribution in [2.24, 2.45) is 5.73 Å². The number of carbonyl (C=O) groups excluding carboxylic acids is 1. The lowest BCUT2D eigenvalue weighted by Gasteiger charge is -2.12. The van der Waals surface area contributed by atoms with Gasteiger partial charge in [0.15, 0.2) is 0 Å². The van der Waals surface area contributed by atoms with Gasteiger partial charge in [0.1, 0.15) is 10.9 Å². The number of alkyl halides is 3. The van der Waals surface area contributed by atoms with Crippen LogP contribution in [0.2, 0.25) is 0 Å². The number of hydrogen-bond donors (Lipinski definition) is 2. The fourth-order valence-electron chi connectivity index (χ4n) is 1.57. The van der Waals surface area contributed by atoms with Crippen molar-refractivity contribution < 1.29 is 26.4 Å². The molecule has 0 aliphatic heterocycles. The van der Waals surface area contributed by atoms with Crippen molar-refractivity contribution in [1.29, 1.82) is 0 Å². The van der Waals surface area contributed by atoms with E-state index in [2.05, 4.69) is 4.98 Å². The van der Waals surface area contributed by atoms with Gasteiger partial charge in [-0.1, -0.05) is 6.07 Å². The van der Waals surface area contributed by atoms with Crippen molar-refractivity contribution in [2.75, 3.05) is 0 Å². The monoisotopic (exact) mass is 365 g/mol. The van der Waals surface area contributed by atoms with Crippen molar-refractivity contribution in [3.63, 3.8) is 0 Å². The minimum absolute atomic E-state index is 0.388. The summed E-state index contributed by atoms with van der Waals surface area (Å²) in [6.45, 7) is 0. The Labute approximate surface area is 133 Å². The van der Waals surface area contributed by atoms with E-state index < -0.39 is 38.6 Å². The van der Waals surface area contributed by atoms with E-state index in [0.29, 0.717) is 23.3 Å². The number of nitrogens with two attached hydrogens (primary N) is 1. The molecule has 11 heteroatoms. The molecule has 1 atom stereocenters. The summed E-state index contributed by atoms with van der Waals surface area (Å²) in [4.78, 5) is 14.7. The predicted molar refractivity (Wildman–Crippen MR) is 75.8 cm³/mol. The lowest BCUT2D eigenvalue weighted by molar-refractivity contribution is -0.138. The molecule has 2 aromatic rings. The van der Waals surface area contributed by atoms with Crippen LogP contribution in [-0.2, 0) is 21.0 Å². The van der Waals surface area contributed by atoms with Crippen LogP contribution in [0.5, 0.6) is 0 Å². The third-order valence-corrected chi connectivity index (χ3v) is 4.99. The van der Waals surface area contributed by atoms with Gasteiger partial charge in [-0.2, -0.15) is 13.2 Å². The van der Waals surface area contributed by atoms with Crippen LogP contribution in [0.15, 0.2) is 40.9 Å². The molecular weight excluding hydrogens is 355 g/mol. The average molecular weight is 365 g/mol. The summed E-state index contributed by atoms with van der Waals surface area (Å²) in [5.74, 6) is -1.05. The fraction of sp³-hybridized carbons (Fsp3) is 0.167. The number of nitrogens with one attached hydrogen (secondary N) is 1. The van der Waals surface area contributed by atoms with Crippen molar-refractivity contribution in [3.8, 4) is 0 Å². The largest absolute Gasteiger partial charge is 0.417 e. The first-order valence-electron chi connectivity index (χ1n) is 5.99. The molecular formula is C12H10F3N3O3S2. The molecule has 2 aromatic heterocycles. The Hall–Kier alpha value is -1.98. The number of thiophene rings is 1. The summed E-state index contributed by atoms with van der Waals surface area (Å²) in [5.41, 5.74) is 4.37. The first-order chi connectivity index (χ1) is 10.6. The number of pyridine rings is 1. The van der Waals surface area contributed by atoms with Crippen LogP contribution in [0.4, 0.5) is 13.2 Å². The highest BCUT2D eigenvalue weighted by molar-refractivity contribution is 7.90. The normalized spacial score (nSPS) is 13.6. The molecule has 2 heterocycles. The van der Waals surface area contributed by atoms with E-state index in [-0.39, 0.29) is 0 Å². The number of rotatable bonds is 4. The van der Waals surface area contributed by atoms with Crippen molar-refractivity contribution in [2.45, 2.75) is 17.1 Å². The van der Waals surface area contributed by atoms with Crippen molar-refractivity contribution in [1.82, 2.24) is 9.71 Å². The van der Waals surface area contributed by atoms with Crippen LogP contribution in [-0.4, -0.2) is 19.3 Å². The van der Waals surface area contributed by atoms with Gasteiger partial charge in [-0.15, -0.1) is 11.3 Å². The quantitative estimate of drug-likeness (QED) is 0.858. The summed E-state index contributed by atoms with van der Waals surface area (Å²) >= 11 is 1.15. The molecule has 0 aliphatic rings. The van der Waals surface area contributed by atoms with Gasteiger partial charge in [-0.3, -0.25) is 9.78 Å². The SMILES string of the molecule is NC(C(=O)NS(=O)(=O)c1cncc(C(F)(F)F)c1)c1cccs1. The van der Waals surface area contributed by atoms with Gasteiger partial charge in [0, 0.05) is 17.3 Å². The molecule has 0 spiro atoms. The third-order valence-electron chi connectivity index (χ3n) is 2.72. The maximum Gasteiger partial charge on any atom is 0.417 e. The van der Waals surface area contributed by atoms with Crippen LogP contribution in [0.1, 0.15) is 16.5 Å². The molecule has 23 heavy (non-hydrogen) atoms. The van der Waals surface area contributed by atoms with Gasteiger partial charge in [0.05, 0.1) is 5.56 Å². The summed E-state index contributed by atoms with van der Waals surface area (Å²) in [7, 11) is -4.52. The standard InChI is InChI=1S/C12H10F3N3O3S2/c13-12(14,15)7-4-8(6-17-5-7)23(20,21)18-11(19)10(16)9-2-1-3-22-9/h1-6,10H,16H2,(H,18,19). The second-order valence-electron chi connectivity index (χ2n) is 4.37. The Balaban J connectivity index is 2.24. The van der Waals surface area contributed by atoms with Gasteiger partial charge in [0.2, 0.25) is 0 Å². The van der Waals surface area contributed by atoms with Crippen molar-refractivity contribution >= 4 is 27.3 Å². The lowest BCUT2D eigenvalue weighted by atomic mass is 10.2. The highest BCUT2D eigenvalue weighted by Gasteiger charge is 2.33. The smallest absolute Gasteiger partial charge is 0.315 e. The van der Waals surface area contributed by atoms with E-state index in [4.69, 9.17) is 5.73 Å². The number of sulfonamides is 1. The molecule has 0 aromatic carbocycles. The minimum Gasteiger partial charge on any atom is -0.315 e. The van der Waals surface area contributed by atoms with Gasteiger partial charge >= 0.3 is 6.18 Å². The molecule has 0 bridgehead atoms. The van der Waals surface area contributed by atoms with Gasteiger partial charge in [0.25, 0.3) is 15.9 Å². The number of halogens is 3. The Kier molecular flexibility index (Phi) is 4.73. The zero-order valence-corrected chi connectivity index (χ0v) is 12.9. The summed E-state index contributed by atoms with van der Waals surface area (Å²) in [6.07, 6.45) is -3.56. The van der Waals surface area contributed by atoms with E-state index in [1.54, 1.807) is 16.2 Å². The first-order valence-corrected chi connectivity index (χ1v) is 8.35. The number of nitrogens with zero attached hydrogens (tertiary/aromatic N) is 1. The molecule has 0 fully saturated rings. The predicted octanol–water partition coefficient (Wildman–Crippen LogP) is 1.67. The van der Waals surface area contributed by atoms with E-state index in [0.717, 1.165) is 11.3 Å². The highest BCUT2D eigenvalue weighted by Crippen LogP contribution is 2.29. The minimum atomic E-state index is -4.75.